The molecule has 2 N–H and O–H groups in total. The Hall–Kier alpha value is -1.87. The molecule has 1 saturated heterocycles. The van der Waals surface area contributed by atoms with Crippen molar-refractivity contribution in [3.8, 4) is 6.01 Å². The van der Waals surface area contributed by atoms with Gasteiger partial charge in [0.25, 0.3) is 0 Å². The molecular formula is C13H20BN3O5. The first-order valence-electron chi connectivity index (χ1n) is 7.07. The summed E-state index contributed by atoms with van der Waals surface area (Å²) in [4.78, 5) is 21.3. The lowest BCUT2D eigenvalue weighted by atomic mass is 9.83. The van der Waals surface area contributed by atoms with Crippen LogP contribution in [0.15, 0.2) is 12.4 Å². The van der Waals surface area contributed by atoms with E-state index in [1.807, 2.05) is 20.8 Å². The van der Waals surface area contributed by atoms with E-state index in [0.717, 1.165) is 0 Å². The van der Waals surface area contributed by atoms with Gasteiger partial charge in [-0.3, -0.25) is 0 Å². The minimum Gasteiger partial charge on any atom is -0.458 e. The summed E-state index contributed by atoms with van der Waals surface area (Å²) in [7, 11) is -1.61. The molecule has 1 aliphatic rings. The predicted molar refractivity (Wildman–Crippen MR) is 78.7 cm³/mol. The second kappa shape index (κ2) is 6.49. The van der Waals surface area contributed by atoms with Crippen molar-refractivity contribution in [1.29, 1.82) is 0 Å². The highest BCUT2D eigenvalue weighted by Crippen LogP contribution is 2.17. The molecule has 2 rings (SSSR count). The molecule has 1 aliphatic heterocycles. The average molecular weight is 309 g/mol. The first kappa shape index (κ1) is 16.5. The SMILES string of the molecule is CC(C)(C)OC(=O)N1CCC(Oc2ncc(B(O)O)cn2)C1. The zero-order chi connectivity index (χ0) is 16.3. The van der Waals surface area contributed by atoms with Crippen LogP contribution in [0, 0.1) is 0 Å². The summed E-state index contributed by atoms with van der Waals surface area (Å²) in [6.45, 7) is 6.41. The van der Waals surface area contributed by atoms with Gasteiger partial charge < -0.3 is 24.4 Å². The van der Waals surface area contributed by atoms with Crippen molar-refractivity contribution < 1.29 is 24.3 Å². The highest BCUT2D eigenvalue weighted by atomic mass is 16.6. The van der Waals surface area contributed by atoms with Gasteiger partial charge in [0.15, 0.2) is 0 Å². The van der Waals surface area contributed by atoms with Gasteiger partial charge in [-0.2, -0.15) is 0 Å². The number of carbonyl (C=O) groups is 1. The van der Waals surface area contributed by atoms with Gasteiger partial charge in [-0.15, -0.1) is 0 Å². The van der Waals surface area contributed by atoms with Gasteiger partial charge in [0.1, 0.15) is 11.7 Å². The topological polar surface area (TPSA) is 105 Å². The van der Waals surface area contributed by atoms with Gasteiger partial charge in [0.05, 0.1) is 6.54 Å². The quantitative estimate of drug-likeness (QED) is 0.728. The zero-order valence-corrected chi connectivity index (χ0v) is 12.9. The Morgan fingerprint density at radius 3 is 2.55 bits per heavy atom. The van der Waals surface area contributed by atoms with Crippen LogP contribution in [0.3, 0.4) is 0 Å². The standard InChI is InChI=1S/C13H20BN3O5/c1-13(2,3)22-12(18)17-5-4-10(8-17)21-11-15-6-9(7-16-11)14(19)20/h6-7,10,19-20H,4-5,8H2,1-3H3. The molecule has 1 amide bonds. The van der Waals surface area contributed by atoms with Gasteiger partial charge in [-0.1, -0.05) is 0 Å². The van der Waals surface area contributed by atoms with Crippen LogP contribution in [0.5, 0.6) is 6.01 Å². The molecule has 2 heterocycles. The summed E-state index contributed by atoms with van der Waals surface area (Å²) in [5, 5.41) is 17.9. The summed E-state index contributed by atoms with van der Waals surface area (Å²) >= 11 is 0. The van der Waals surface area contributed by atoms with Crippen molar-refractivity contribution in [3.63, 3.8) is 0 Å². The first-order valence-corrected chi connectivity index (χ1v) is 7.07. The van der Waals surface area contributed by atoms with Crippen LogP contribution < -0.4 is 10.2 Å². The largest absolute Gasteiger partial charge is 0.491 e. The van der Waals surface area contributed by atoms with E-state index in [0.29, 0.717) is 19.5 Å². The Morgan fingerprint density at radius 1 is 1.36 bits per heavy atom. The lowest BCUT2D eigenvalue weighted by molar-refractivity contribution is 0.0274. The van der Waals surface area contributed by atoms with Gasteiger partial charge >= 0.3 is 19.2 Å². The number of hydrogen-bond acceptors (Lipinski definition) is 7. The van der Waals surface area contributed by atoms with E-state index < -0.39 is 12.7 Å². The molecule has 0 aromatic carbocycles. The van der Waals surface area contributed by atoms with Crippen LogP contribution in [-0.2, 0) is 4.74 Å². The van der Waals surface area contributed by atoms with Crippen molar-refractivity contribution in [3.05, 3.63) is 12.4 Å². The number of nitrogens with zero attached hydrogens (tertiary/aromatic N) is 3. The van der Waals surface area contributed by atoms with Crippen LogP contribution in [0.1, 0.15) is 27.2 Å². The smallest absolute Gasteiger partial charge is 0.458 e. The Bertz CT molecular complexity index is 517. The predicted octanol–water partition coefficient (Wildman–Crippen LogP) is -0.455. The summed E-state index contributed by atoms with van der Waals surface area (Å²) in [5.74, 6) is 0. The molecule has 1 unspecified atom stereocenters. The van der Waals surface area contributed by atoms with E-state index in [1.165, 1.54) is 12.4 Å². The number of amides is 1. The third-order valence-electron chi connectivity index (χ3n) is 3.02. The second-order valence-corrected chi connectivity index (χ2v) is 6.13. The van der Waals surface area contributed by atoms with E-state index in [1.54, 1.807) is 4.90 Å². The lowest BCUT2D eigenvalue weighted by Crippen LogP contribution is -2.36. The van der Waals surface area contributed by atoms with E-state index in [4.69, 9.17) is 19.5 Å². The molecular weight excluding hydrogens is 289 g/mol. The highest BCUT2D eigenvalue weighted by Gasteiger charge is 2.31. The Morgan fingerprint density at radius 2 is 2.00 bits per heavy atom. The molecule has 1 aromatic heterocycles. The monoisotopic (exact) mass is 309 g/mol. The molecule has 0 radical (unpaired) electrons. The van der Waals surface area contributed by atoms with Gasteiger partial charge in [-0.25, -0.2) is 14.8 Å². The molecule has 1 atom stereocenters. The molecule has 0 aliphatic carbocycles. The highest BCUT2D eigenvalue weighted by molar-refractivity contribution is 6.58. The molecule has 1 fully saturated rings. The maximum atomic E-state index is 11.9. The van der Waals surface area contributed by atoms with E-state index in [-0.39, 0.29) is 23.7 Å². The maximum absolute atomic E-state index is 11.9. The summed E-state index contributed by atoms with van der Waals surface area (Å²) in [5.41, 5.74) is -0.339. The number of hydrogen-bond donors (Lipinski definition) is 2. The van der Waals surface area contributed by atoms with Crippen LogP contribution in [0.25, 0.3) is 0 Å². The number of likely N-dealkylation sites (tertiary alicyclic amines) is 1. The van der Waals surface area contributed by atoms with Crippen LogP contribution in [0.4, 0.5) is 4.79 Å². The lowest BCUT2D eigenvalue weighted by Gasteiger charge is -2.24. The second-order valence-electron chi connectivity index (χ2n) is 6.13. The third kappa shape index (κ3) is 4.57. The van der Waals surface area contributed by atoms with E-state index >= 15 is 0 Å². The fraction of sp³-hybridized carbons (Fsp3) is 0.615. The van der Waals surface area contributed by atoms with Crippen molar-refractivity contribution in [2.24, 2.45) is 0 Å². The fourth-order valence-electron chi connectivity index (χ4n) is 1.99. The van der Waals surface area contributed by atoms with E-state index in [9.17, 15) is 4.79 Å². The average Bonchev–Trinajstić information content (AvgIpc) is 2.86. The van der Waals surface area contributed by atoms with Crippen molar-refractivity contribution >= 4 is 18.7 Å². The molecule has 0 bridgehead atoms. The molecule has 0 saturated carbocycles. The number of aromatic nitrogens is 2. The van der Waals surface area contributed by atoms with Crippen molar-refractivity contribution in [2.45, 2.75) is 38.9 Å². The summed E-state index contributed by atoms with van der Waals surface area (Å²) in [6.07, 6.45) is 2.66. The van der Waals surface area contributed by atoms with E-state index in [2.05, 4.69) is 9.97 Å². The normalized spacial score (nSPS) is 18.2. The van der Waals surface area contributed by atoms with Crippen molar-refractivity contribution in [2.75, 3.05) is 13.1 Å². The third-order valence-corrected chi connectivity index (χ3v) is 3.02. The maximum Gasteiger partial charge on any atom is 0.491 e. The Balaban J connectivity index is 1.87. The Labute approximate surface area is 129 Å². The molecule has 0 spiro atoms. The van der Waals surface area contributed by atoms with Gasteiger partial charge in [0, 0.05) is 30.8 Å². The minimum absolute atomic E-state index is 0.139. The van der Waals surface area contributed by atoms with Crippen molar-refractivity contribution in [1.82, 2.24) is 14.9 Å². The number of carbonyl (C=O) groups excluding carboxylic acids is 1. The molecule has 120 valence electrons. The van der Waals surface area contributed by atoms with Gasteiger partial charge in [0.2, 0.25) is 0 Å². The molecule has 22 heavy (non-hydrogen) atoms. The first-order chi connectivity index (χ1) is 10.2. The van der Waals surface area contributed by atoms with Crippen LogP contribution in [-0.4, -0.2) is 62.9 Å². The summed E-state index contributed by atoms with van der Waals surface area (Å²) in [6, 6.07) is 0.139. The van der Waals surface area contributed by atoms with Crippen LogP contribution in [0.2, 0.25) is 0 Å². The Kier molecular flexibility index (Phi) is 4.87. The van der Waals surface area contributed by atoms with Crippen LogP contribution >= 0.6 is 0 Å². The molecule has 1 aromatic rings. The minimum atomic E-state index is -1.61. The zero-order valence-electron chi connectivity index (χ0n) is 12.9. The molecule has 9 heteroatoms. The number of rotatable bonds is 3. The molecule has 8 nitrogen and oxygen atoms in total. The fourth-order valence-corrected chi connectivity index (χ4v) is 1.99. The summed E-state index contributed by atoms with van der Waals surface area (Å²) < 4.78 is 10.9. The number of ether oxygens (including phenoxy) is 2. The van der Waals surface area contributed by atoms with Gasteiger partial charge in [-0.05, 0) is 20.8 Å².